The molecule has 0 bridgehead atoms. The summed E-state index contributed by atoms with van der Waals surface area (Å²) >= 11 is 3.40. The third-order valence-corrected chi connectivity index (χ3v) is 2.12. The molecule has 0 saturated carbocycles. The summed E-state index contributed by atoms with van der Waals surface area (Å²) in [7, 11) is 0. The summed E-state index contributed by atoms with van der Waals surface area (Å²) < 4.78 is 1.13. The molecule has 0 N–H and O–H groups in total. The van der Waals surface area contributed by atoms with Crippen molar-refractivity contribution in [2.24, 2.45) is 0 Å². The summed E-state index contributed by atoms with van der Waals surface area (Å²) in [5.41, 5.74) is 1.28. The Hall–Kier alpha value is -0.340. The molecule has 0 unspecified atom stereocenters. The van der Waals surface area contributed by atoms with Crippen LogP contribution in [-0.4, -0.2) is 6.54 Å². The van der Waals surface area contributed by atoms with E-state index in [1.807, 2.05) is 0 Å². The predicted octanol–water partition coefficient (Wildman–Crippen LogP) is 2.96. The molecule has 0 saturated heterocycles. The fourth-order valence-electron chi connectivity index (χ4n) is 0.956. The Bertz CT molecular complexity index is 218. The number of hydrogen-bond donors (Lipinski definition) is 0. The highest BCUT2D eigenvalue weighted by Crippen LogP contribution is 2.10. The van der Waals surface area contributed by atoms with Gasteiger partial charge in [0, 0.05) is 17.6 Å². The third kappa shape index (κ3) is 3.37. The van der Waals surface area contributed by atoms with Crippen LogP contribution in [0.3, 0.4) is 0 Å². The van der Waals surface area contributed by atoms with Gasteiger partial charge in [-0.1, -0.05) is 35.0 Å². The molecule has 0 aliphatic heterocycles. The number of hydrogen-bond acceptors (Lipinski definition) is 0. The fraction of sp³-hybridized carbons (Fsp3) is 0.400. The van der Waals surface area contributed by atoms with Crippen LogP contribution in [0, 0.1) is 0 Å². The van der Waals surface area contributed by atoms with Crippen LogP contribution in [-0.2, 0) is 6.54 Å². The molecule has 0 aromatic heterocycles. The number of rotatable bonds is 4. The van der Waals surface area contributed by atoms with E-state index in [0.717, 1.165) is 24.0 Å². The van der Waals surface area contributed by atoms with Crippen LogP contribution in [0.1, 0.15) is 18.9 Å². The van der Waals surface area contributed by atoms with E-state index in [9.17, 15) is 0 Å². The third-order valence-electron chi connectivity index (χ3n) is 1.59. The van der Waals surface area contributed by atoms with E-state index in [-0.39, 0.29) is 0 Å². The second kappa shape index (κ2) is 5.33. The van der Waals surface area contributed by atoms with Gasteiger partial charge in [0.05, 0.1) is 0 Å². The fourth-order valence-corrected chi connectivity index (χ4v) is 1.22. The average molecular weight is 227 g/mol. The molecule has 0 heterocycles. The number of nitrogens with zero attached hydrogens (tertiary/aromatic N) is 1. The number of benzene rings is 1. The zero-order valence-corrected chi connectivity index (χ0v) is 8.84. The van der Waals surface area contributed by atoms with Crippen LogP contribution in [0.4, 0.5) is 0 Å². The Morgan fingerprint density at radius 2 is 1.92 bits per heavy atom. The Kier molecular flexibility index (Phi) is 4.33. The first kappa shape index (κ1) is 9.75. The average Bonchev–Trinajstić information content (AvgIpc) is 2.09. The highest BCUT2D eigenvalue weighted by molar-refractivity contribution is 9.10. The molecule has 0 spiro atoms. The first-order valence-corrected chi connectivity index (χ1v) is 5.00. The van der Waals surface area contributed by atoms with Gasteiger partial charge in [0.1, 0.15) is 0 Å². The van der Waals surface area contributed by atoms with Crippen molar-refractivity contribution in [1.82, 2.24) is 5.32 Å². The van der Waals surface area contributed by atoms with Gasteiger partial charge < -0.3 is 0 Å². The zero-order chi connectivity index (χ0) is 8.81. The molecule has 0 aliphatic rings. The van der Waals surface area contributed by atoms with Crippen LogP contribution < -0.4 is 5.32 Å². The quantitative estimate of drug-likeness (QED) is 0.702. The molecule has 1 aromatic rings. The molecule has 0 fully saturated rings. The van der Waals surface area contributed by atoms with E-state index < -0.39 is 0 Å². The lowest BCUT2D eigenvalue weighted by Crippen LogP contribution is -2.04. The lowest BCUT2D eigenvalue weighted by atomic mass is 10.2. The van der Waals surface area contributed by atoms with E-state index in [1.54, 1.807) is 0 Å². The summed E-state index contributed by atoms with van der Waals surface area (Å²) in [6, 6.07) is 8.31. The van der Waals surface area contributed by atoms with E-state index >= 15 is 0 Å². The molecular weight excluding hydrogens is 214 g/mol. The van der Waals surface area contributed by atoms with E-state index in [2.05, 4.69) is 52.4 Å². The first-order chi connectivity index (χ1) is 5.83. The predicted molar refractivity (Wildman–Crippen MR) is 55.1 cm³/mol. The Morgan fingerprint density at radius 1 is 1.25 bits per heavy atom. The van der Waals surface area contributed by atoms with Gasteiger partial charge in [-0.25, -0.2) is 5.32 Å². The van der Waals surface area contributed by atoms with Crippen molar-refractivity contribution < 1.29 is 0 Å². The maximum Gasteiger partial charge on any atom is 0.0384 e. The lowest BCUT2D eigenvalue weighted by Gasteiger charge is -2.00. The first-order valence-electron chi connectivity index (χ1n) is 4.20. The van der Waals surface area contributed by atoms with Gasteiger partial charge in [0.2, 0.25) is 0 Å². The van der Waals surface area contributed by atoms with Gasteiger partial charge in [-0.05, 0) is 24.1 Å². The second-order valence-corrected chi connectivity index (χ2v) is 3.65. The monoisotopic (exact) mass is 226 g/mol. The lowest BCUT2D eigenvalue weighted by molar-refractivity contribution is 0.661. The summed E-state index contributed by atoms with van der Waals surface area (Å²) in [4.78, 5) is 0. The SMILES string of the molecule is CCC[N]Cc1ccc(Br)cc1. The Balaban J connectivity index is 2.37. The standard InChI is InChI=1S/C10H13BrN/c1-2-7-12-8-9-3-5-10(11)6-4-9/h3-6H,2,7-8H2,1H3. The summed E-state index contributed by atoms with van der Waals surface area (Å²) in [6.45, 7) is 3.96. The molecule has 0 amide bonds. The van der Waals surface area contributed by atoms with Gasteiger partial charge in [-0.2, -0.15) is 0 Å². The van der Waals surface area contributed by atoms with Gasteiger partial charge in [0.15, 0.2) is 0 Å². The molecular formula is C10H13BrN. The number of halogens is 1. The van der Waals surface area contributed by atoms with Crippen LogP contribution in [0.5, 0.6) is 0 Å². The summed E-state index contributed by atoms with van der Waals surface area (Å²) in [5, 5.41) is 4.37. The molecule has 1 aromatic carbocycles. The van der Waals surface area contributed by atoms with Crippen LogP contribution in [0.15, 0.2) is 28.7 Å². The maximum absolute atomic E-state index is 4.37. The summed E-state index contributed by atoms with van der Waals surface area (Å²) in [6.07, 6.45) is 1.14. The van der Waals surface area contributed by atoms with Crippen LogP contribution in [0.2, 0.25) is 0 Å². The van der Waals surface area contributed by atoms with Crippen molar-refractivity contribution in [1.29, 1.82) is 0 Å². The van der Waals surface area contributed by atoms with Gasteiger partial charge >= 0.3 is 0 Å². The van der Waals surface area contributed by atoms with E-state index in [4.69, 9.17) is 0 Å². The van der Waals surface area contributed by atoms with Gasteiger partial charge in [-0.3, -0.25) is 0 Å². The molecule has 1 nitrogen and oxygen atoms in total. The minimum Gasteiger partial charge on any atom is -0.237 e. The van der Waals surface area contributed by atoms with Crippen molar-refractivity contribution in [3.63, 3.8) is 0 Å². The normalized spacial score (nSPS) is 10.2. The Labute approximate surface area is 82.3 Å². The Morgan fingerprint density at radius 3 is 2.50 bits per heavy atom. The molecule has 2 heteroatoms. The van der Waals surface area contributed by atoms with Crippen molar-refractivity contribution in [2.75, 3.05) is 6.54 Å². The molecule has 0 atom stereocenters. The minimum absolute atomic E-state index is 0.848. The maximum atomic E-state index is 4.37. The zero-order valence-electron chi connectivity index (χ0n) is 7.26. The molecule has 1 radical (unpaired) electrons. The molecule has 1 rings (SSSR count). The summed E-state index contributed by atoms with van der Waals surface area (Å²) in [5.74, 6) is 0. The van der Waals surface area contributed by atoms with Crippen LogP contribution in [0.25, 0.3) is 0 Å². The van der Waals surface area contributed by atoms with Gasteiger partial charge in [-0.15, -0.1) is 0 Å². The van der Waals surface area contributed by atoms with E-state index in [1.165, 1.54) is 5.56 Å². The van der Waals surface area contributed by atoms with Gasteiger partial charge in [0.25, 0.3) is 0 Å². The van der Waals surface area contributed by atoms with Crippen molar-refractivity contribution >= 4 is 15.9 Å². The highest BCUT2D eigenvalue weighted by atomic mass is 79.9. The largest absolute Gasteiger partial charge is 0.237 e. The topological polar surface area (TPSA) is 14.1 Å². The minimum atomic E-state index is 0.848. The van der Waals surface area contributed by atoms with Crippen molar-refractivity contribution in [3.05, 3.63) is 34.3 Å². The molecule has 65 valence electrons. The van der Waals surface area contributed by atoms with Crippen molar-refractivity contribution in [3.8, 4) is 0 Å². The van der Waals surface area contributed by atoms with E-state index in [0.29, 0.717) is 0 Å². The highest BCUT2D eigenvalue weighted by Gasteiger charge is 1.91. The smallest absolute Gasteiger partial charge is 0.0384 e. The molecule has 12 heavy (non-hydrogen) atoms. The van der Waals surface area contributed by atoms with Crippen LogP contribution >= 0.6 is 15.9 Å². The second-order valence-electron chi connectivity index (χ2n) is 2.73. The van der Waals surface area contributed by atoms with Crippen molar-refractivity contribution in [2.45, 2.75) is 19.9 Å². The molecule has 0 aliphatic carbocycles.